The smallest absolute Gasteiger partial charge is 0.373 e. The summed E-state index contributed by atoms with van der Waals surface area (Å²) < 4.78 is 15.9. The van der Waals surface area contributed by atoms with Crippen molar-refractivity contribution in [2.45, 2.75) is 0 Å². The predicted molar refractivity (Wildman–Crippen MR) is 66.3 cm³/mol. The summed E-state index contributed by atoms with van der Waals surface area (Å²) >= 11 is 0. The van der Waals surface area contributed by atoms with Gasteiger partial charge in [-0.1, -0.05) is 18.2 Å². The number of benzene rings is 1. The molecule has 1 rings (SSSR count). The van der Waals surface area contributed by atoms with Gasteiger partial charge in [-0.05, 0) is 16.7 Å². The zero-order valence-corrected chi connectivity index (χ0v) is 11.3. The molecule has 0 aliphatic heterocycles. The van der Waals surface area contributed by atoms with Crippen molar-refractivity contribution in [3.63, 3.8) is 0 Å². The first-order valence-electron chi connectivity index (χ1n) is 4.99. The largest absolute Gasteiger partial charge is 0.536 e. The van der Waals surface area contributed by atoms with Crippen LogP contribution >= 0.6 is 0 Å². The Kier molecular flexibility index (Phi) is 5.02. The van der Waals surface area contributed by atoms with E-state index >= 15 is 0 Å². The second-order valence-electron chi connectivity index (χ2n) is 3.24. The van der Waals surface area contributed by atoms with Crippen LogP contribution in [0.1, 0.15) is 10.4 Å². The van der Waals surface area contributed by atoms with Crippen LogP contribution in [-0.4, -0.2) is 36.0 Å². The average molecular weight is 267 g/mol. The van der Waals surface area contributed by atoms with Gasteiger partial charge in [-0.2, -0.15) is 0 Å². The number of azide groups is 1. The highest BCUT2D eigenvalue weighted by molar-refractivity contribution is 6.75. The van der Waals surface area contributed by atoms with Gasteiger partial charge in [0.15, 0.2) is 0 Å². The molecule has 0 aliphatic carbocycles. The van der Waals surface area contributed by atoms with Gasteiger partial charge in [-0.25, -0.2) is 0 Å². The van der Waals surface area contributed by atoms with Gasteiger partial charge in [0.25, 0.3) is 0 Å². The number of hydrogen-bond donors (Lipinski definition) is 0. The van der Waals surface area contributed by atoms with Gasteiger partial charge in [0.05, 0.1) is 0 Å². The number of hydrogen-bond acceptors (Lipinski definition) is 4. The van der Waals surface area contributed by atoms with Crippen molar-refractivity contribution in [3.05, 3.63) is 40.3 Å². The molecule has 0 heterocycles. The second kappa shape index (κ2) is 6.29. The fourth-order valence-corrected chi connectivity index (χ4v) is 3.38. The molecule has 8 heteroatoms. The van der Waals surface area contributed by atoms with Crippen molar-refractivity contribution in [2.24, 2.45) is 5.11 Å². The van der Waals surface area contributed by atoms with Crippen molar-refractivity contribution in [2.75, 3.05) is 21.3 Å². The molecule has 0 spiro atoms. The standard InChI is InChI=1S/C10H13N3O4Si/c1-15-18(16-2,17-3)9-6-4-5-8(7-9)10(14)12-13-11/h4-7H,1-3H3. The average Bonchev–Trinajstić information content (AvgIpc) is 2.42. The second-order valence-corrected chi connectivity index (χ2v) is 6.16. The quantitative estimate of drug-likeness (QED) is 0.347. The Morgan fingerprint density at radius 1 is 1.28 bits per heavy atom. The summed E-state index contributed by atoms with van der Waals surface area (Å²) in [5, 5.41) is 3.65. The van der Waals surface area contributed by atoms with E-state index in [0.717, 1.165) is 0 Å². The van der Waals surface area contributed by atoms with Gasteiger partial charge in [-0.15, -0.1) is 0 Å². The van der Waals surface area contributed by atoms with E-state index in [1.54, 1.807) is 24.3 Å². The molecule has 96 valence electrons. The third-order valence-electron chi connectivity index (χ3n) is 2.40. The SMILES string of the molecule is CO[Si](OC)(OC)c1cccc(C(=O)N=[N+]=[N-])c1. The molecule has 7 nitrogen and oxygen atoms in total. The number of nitrogens with zero attached hydrogens (tertiary/aromatic N) is 3. The van der Waals surface area contributed by atoms with Gasteiger partial charge < -0.3 is 13.3 Å². The zero-order chi connectivity index (χ0) is 13.6. The monoisotopic (exact) mass is 267 g/mol. The van der Waals surface area contributed by atoms with Gasteiger partial charge in [0, 0.05) is 37.0 Å². The van der Waals surface area contributed by atoms with Crippen LogP contribution in [0.5, 0.6) is 0 Å². The lowest BCUT2D eigenvalue weighted by atomic mass is 10.2. The number of rotatable bonds is 5. The van der Waals surface area contributed by atoms with Gasteiger partial charge in [0.2, 0.25) is 5.91 Å². The maximum Gasteiger partial charge on any atom is 0.536 e. The van der Waals surface area contributed by atoms with Crippen LogP contribution in [0.3, 0.4) is 0 Å². The molecule has 0 N–H and O–H groups in total. The maximum absolute atomic E-state index is 11.5. The first kappa shape index (κ1) is 14.4. The molecule has 0 saturated carbocycles. The number of carbonyl (C=O) groups excluding carboxylic acids is 1. The summed E-state index contributed by atoms with van der Waals surface area (Å²) in [5.74, 6) is -0.662. The Morgan fingerprint density at radius 3 is 2.39 bits per heavy atom. The summed E-state index contributed by atoms with van der Waals surface area (Å²) in [5.41, 5.74) is 8.50. The Labute approximate surface area is 105 Å². The van der Waals surface area contributed by atoms with Crippen LogP contribution in [0.2, 0.25) is 0 Å². The molecule has 0 bridgehead atoms. The highest BCUT2D eigenvalue weighted by Gasteiger charge is 2.40. The molecule has 0 unspecified atom stereocenters. The van der Waals surface area contributed by atoms with E-state index in [1.165, 1.54) is 21.3 Å². The Bertz CT molecular complexity index is 476. The van der Waals surface area contributed by atoms with E-state index in [-0.39, 0.29) is 5.56 Å². The highest BCUT2D eigenvalue weighted by Crippen LogP contribution is 2.09. The molecular formula is C10H13N3O4Si. The topological polar surface area (TPSA) is 93.5 Å². The normalized spacial score (nSPS) is 10.8. The van der Waals surface area contributed by atoms with E-state index in [1.807, 2.05) is 0 Å². The van der Waals surface area contributed by atoms with Crippen LogP contribution < -0.4 is 5.19 Å². The first-order chi connectivity index (χ1) is 8.63. The molecule has 1 aromatic rings. The molecule has 0 aliphatic rings. The Balaban J connectivity index is 3.22. The van der Waals surface area contributed by atoms with Gasteiger partial charge >= 0.3 is 8.80 Å². The summed E-state index contributed by atoms with van der Waals surface area (Å²) in [6.07, 6.45) is 0. The summed E-state index contributed by atoms with van der Waals surface area (Å²) in [6, 6.07) is 6.46. The van der Waals surface area contributed by atoms with Gasteiger partial charge in [0.1, 0.15) is 0 Å². The summed E-state index contributed by atoms with van der Waals surface area (Å²) in [4.78, 5) is 13.9. The highest BCUT2D eigenvalue weighted by atomic mass is 28.4. The van der Waals surface area contributed by atoms with Crippen molar-refractivity contribution in [1.29, 1.82) is 0 Å². The fourth-order valence-electron chi connectivity index (χ4n) is 1.54. The Hall–Kier alpha value is -1.70. The maximum atomic E-state index is 11.5. The molecule has 0 saturated heterocycles. The van der Waals surface area contributed by atoms with Crippen molar-refractivity contribution < 1.29 is 18.1 Å². The van der Waals surface area contributed by atoms with E-state index in [9.17, 15) is 4.79 Å². The predicted octanol–water partition coefficient (Wildman–Crippen LogP) is 1.22. The van der Waals surface area contributed by atoms with Crippen LogP contribution in [0.4, 0.5) is 0 Å². The van der Waals surface area contributed by atoms with Crippen molar-refractivity contribution >= 4 is 19.9 Å². The van der Waals surface area contributed by atoms with E-state index < -0.39 is 14.7 Å². The summed E-state index contributed by atoms with van der Waals surface area (Å²) in [6.45, 7) is 0. The van der Waals surface area contributed by atoms with Crippen molar-refractivity contribution in [3.8, 4) is 0 Å². The first-order valence-corrected chi connectivity index (χ1v) is 6.71. The Morgan fingerprint density at radius 2 is 1.89 bits per heavy atom. The molecule has 0 fully saturated rings. The lowest BCUT2D eigenvalue weighted by molar-refractivity contribution is 0.100. The molecule has 1 aromatic carbocycles. The van der Waals surface area contributed by atoms with Crippen LogP contribution in [0, 0.1) is 0 Å². The van der Waals surface area contributed by atoms with Crippen molar-refractivity contribution in [1.82, 2.24) is 0 Å². The lowest BCUT2D eigenvalue weighted by Gasteiger charge is -2.24. The van der Waals surface area contributed by atoms with Crippen LogP contribution in [0.15, 0.2) is 29.4 Å². The molecule has 0 aromatic heterocycles. The molecular weight excluding hydrogens is 254 g/mol. The van der Waals surface area contributed by atoms with Crippen LogP contribution in [0.25, 0.3) is 10.4 Å². The minimum Gasteiger partial charge on any atom is -0.373 e. The van der Waals surface area contributed by atoms with Crippen LogP contribution in [-0.2, 0) is 13.3 Å². The van der Waals surface area contributed by atoms with E-state index in [4.69, 9.17) is 18.8 Å². The number of amides is 1. The molecule has 18 heavy (non-hydrogen) atoms. The minimum absolute atomic E-state index is 0.258. The zero-order valence-electron chi connectivity index (χ0n) is 10.3. The van der Waals surface area contributed by atoms with E-state index in [2.05, 4.69) is 10.0 Å². The third kappa shape index (κ3) is 2.75. The third-order valence-corrected chi connectivity index (χ3v) is 5.04. The minimum atomic E-state index is -2.98. The molecule has 0 atom stereocenters. The van der Waals surface area contributed by atoms with E-state index in [0.29, 0.717) is 5.19 Å². The lowest BCUT2D eigenvalue weighted by Crippen LogP contribution is -2.54. The molecule has 1 amide bonds. The number of carbonyl (C=O) groups is 1. The summed E-state index contributed by atoms with van der Waals surface area (Å²) in [7, 11) is 1.44. The van der Waals surface area contributed by atoms with Gasteiger partial charge in [-0.3, -0.25) is 4.79 Å². The molecule has 0 radical (unpaired) electrons. The fraction of sp³-hybridized carbons (Fsp3) is 0.300.